The molecule has 1 aliphatic heterocycles. The fourth-order valence-electron chi connectivity index (χ4n) is 1.93. The number of hydrogen-bond acceptors (Lipinski definition) is 4. The maximum Gasteiger partial charge on any atom is 0.166 e. The van der Waals surface area contributed by atoms with Crippen molar-refractivity contribution >= 4 is 17.4 Å². The van der Waals surface area contributed by atoms with Crippen LogP contribution in [0.2, 0.25) is 0 Å². The molecular weight excluding hydrogens is 256 g/mol. The molecule has 0 fully saturated rings. The highest BCUT2D eigenvalue weighted by atomic mass is 32.2. The lowest BCUT2D eigenvalue weighted by atomic mass is 10.2. The minimum atomic E-state index is 0.0443. The molecule has 0 amide bonds. The summed E-state index contributed by atoms with van der Waals surface area (Å²) >= 11 is 1.69. The molecule has 0 aromatic heterocycles. The van der Waals surface area contributed by atoms with Gasteiger partial charge >= 0.3 is 0 Å². The Labute approximate surface area is 116 Å². The van der Waals surface area contributed by atoms with Crippen molar-refractivity contribution in [3.05, 3.63) is 54.1 Å². The van der Waals surface area contributed by atoms with Crippen molar-refractivity contribution in [2.45, 2.75) is 10.3 Å². The van der Waals surface area contributed by atoms with Gasteiger partial charge < -0.3 is 10.1 Å². The molecule has 1 heterocycles. The van der Waals surface area contributed by atoms with Gasteiger partial charge in [0.15, 0.2) is 5.44 Å². The predicted octanol–water partition coefficient (Wildman–Crippen LogP) is 3.48. The standard InChI is InChI=1S/C15H12N2OS/c16-9-11-6-7-14-13(8-11)17-10-15(18-14)19-12-4-2-1-3-5-12/h1-8,15,17H,10H2. The summed E-state index contributed by atoms with van der Waals surface area (Å²) < 4.78 is 5.93. The molecule has 0 spiro atoms. The molecule has 1 N–H and O–H groups in total. The van der Waals surface area contributed by atoms with E-state index in [4.69, 9.17) is 10.00 Å². The van der Waals surface area contributed by atoms with E-state index < -0.39 is 0 Å². The molecule has 0 aliphatic carbocycles. The zero-order valence-electron chi connectivity index (χ0n) is 10.2. The van der Waals surface area contributed by atoms with E-state index in [9.17, 15) is 0 Å². The van der Waals surface area contributed by atoms with Crippen LogP contribution in [0.5, 0.6) is 5.75 Å². The molecule has 3 rings (SSSR count). The second-order valence-corrected chi connectivity index (χ2v) is 5.41. The van der Waals surface area contributed by atoms with Gasteiger partial charge in [0.05, 0.1) is 23.9 Å². The quantitative estimate of drug-likeness (QED) is 0.905. The average Bonchev–Trinajstić information content (AvgIpc) is 2.48. The van der Waals surface area contributed by atoms with Crippen molar-refractivity contribution in [1.29, 1.82) is 5.26 Å². The summed E-state index contributed by atoms with van der Waals surface area (Å²) in [5.41, 5.74) is 1.58. The summed E-state index contributed by atoms with van der Waals surface area (Å²) in [5, 5.41) is 12.2. The minimum absolute atomic E-state index is 0.0443. The second-order valence-electron chi connectivity index (χ2n) is 4.18. The first-order chi connectivity index (χ1) is 9.35. The Bertz CT molecular complexity index is 622. The molecule has 0 saturated carbocycles. The van der Waals surface area contributed by atoms with Gasteiger partial charge in [-0.25, -0.2) is 0 Å². The van der Waals surface area contributed by atoms with E-state index in [0.717, 1.165) is 18.0 Å². The van der Waals surface area contributed by atoms with Crippen LogP contribution in [-0.2, 0) is 0 Å². The van der Waals surface area contributed by atoms with Crippen LogP contribution >= 0.6 is 11.8 Å². The highest BCUT2D eigenvalue weighted by molar-refractivity contribution is 7.99. The number of nitrogens with one attached hydrogen (secondary N) is 1. The molecule has 1 aliphatic rings. The van der Waals surface area contributed by atoms with Crippen molar-refractivity contribution in [1.82, 2.24) is 0 Å². The first kappa shape index (κ1) is 11.9. The van der Waals surface area contributed by atoms with Gasteiger partial charge in [0.1, 0.15) is 5.75 Å². The number of anilines is 1. The monoisotopic (exact) mass is 268 g/mol. The molecule has 1 unspecified atom stereocenters. The number of benzene rings is 2. The van der Waals surface area contributed by atoms with E-state index in [1.54, 1.807) is 17.8 Å². The third-order valence-corrected chi connectivity index (χ3v) is 3.91. The van der Waals surface area contributed by atoms with Crippen LogP contribution in [0.4, 0.5) is 5.69 Å². The third kappa shape index (κ3) is 2.67. The SMILES string of the molecule is N#Cc1ccc2c(c1)NCC(Sc1ccccc1)O2. The van der Waals surface area contributed by atoms with Crippen molar-refractivity contribution in [3.8, 4) is 11.8 Å². The molecule has 94 valence electrons. The Kier molecular flexibility index (Phi) is 3.30. The van der Waals surface area contributed by atoms with Crippen LogP contribution in [0.25, 0.3) is 0 Å². The molecule has 4 heteroatoms. The Hall–Kier alpha value is -2.12. The van der Waals surface area contributed by atoms with Crippen LogP contribution < -0.4 is 10.1 Å². The lowest BCUT2D eigenvalue weighted by molar-refractivity contribution is 0.291. The molecule has 0 saturated heterocycles. The van der Waals surface area contributed by atoms with E-state index in [1.165, 1.54) is 4.90 Å². The normalized spacial score (nSPS) is 16.7. The predicted molar refractivity (Wildman–Crippen MR) is 76.4 cm³/mol. The maximum absolute atomic E-state index is 8.86. The smallest absolute Gasteiger partial charge is 0.166 e. The molecular formula is C15H12N2OS. The summed E-state index contributed by atoms with van der Waals surface area (Å²) in [7, 11) is 0. The van der Waals surface area contributed by atoms with Gasteiger partial charge in [0.2, 0.25) is 0 Å². The molecule has 2 aromatic rings. The van der Waals surface area contributed by atoms with Crippen LogP contribution in [0.3, 0.4) is 0 Å². The second kappa shape index (κ2) is 5.25. The van der Waals surface area contributed by atoms with Gasteiger partial charge in [-0.15, -0.1) is 0 Å². The Balaban J connectivity index is 1.74. The molecule has 0 bridgehead atoms. The molecule has 1 atom stereocenters. The highest BCUT2D eigenvalue weighted by Gasteiger charge is 2.20. The van der Waals surface area contributed by atoms with Crippen LogP contribution in [0.1, 0.15) is 5.56 Å². The van der Waals surface area contributed by atoms with Crippen molar-refractivity contribution in [3.63, 3.8) is 0 Å². The lowest BCUT2D eigenvalue weighted by Crippen LogP contribution is -2.27. The van der Waals surface area contributed by atoms with Crippen molar-refractivity contribution in [2.75, 3.05) is 11.9 Å². The summed E-state index contributed by atoms with van der Waals surface area (Å²) in [6.07, 6.45) is 0. The zero-order chi connectivity index (χ0) is 13.1. The lowest BCUT2D eigenvalue weighted by Gasteiger charge is -2.27. The van der Waals surface area contributed by atoms with E-state index in [2.05, 4.69) is 23.5 Å². The molecule has 3 nitrogen and oxygen atoms in total. The number of fused-ring (bicyclic) bond motifs is 1. The Morgan fingerprint density at radius 2 is 2.05 bits per heavy atom. The first-order valence-electron chi connectivity index (χ1n) is 6.01. The van der Waals surface area contributed by atoms with Gasteiger partial charge in [-0.3, -0.25) is 0 Å². The van der Waals surface area contributed by atoms with E-state index in [0.29, 0.717) is 5.56 Å². The van der Waals surface area contributed by atoms with E-state index in [-0.39, 0.29) is 5.44 Å². The Morgan fingerprint density at radius 1 is 1.21 bits per heavy atom. The van der Waals surface area contributed by atoms with Crippen LogP contribution in [0.15, 0.2) is 53.4 Å². The fourth-order valence-corrected chi connectivity index (χ4v) is 2.87. The summed E-state index contributed by atoms with van der Waals surface area (Å²) in [6.45, 7) is 0.724. The number of rotatable bonds is 2. The average molecular weight is 268 g/mol. The Morgan fingerprint density at radius 3 is 2.84 bits per heavy atom. The van der Waals surface area contributed by atoms with Gasteiger partial charge in [-0.1, -0.05) is 30.0 Å². The zero-order valence-corrected chi connectivity index (χ0v) is 11.0. The first-order valence-corrected chi connectivity index (χ1v) is 6.89. The van der Waals surface area contributed by atoms with Gasteiger partial charge in [-0.2, -0.15) is 5.26 Å². The van der Waals surface area contributed by atoms with Crippen LogP contribution in [-0.4, -0.2) is 12.0 Å². The van der Waals surface area contributed by atoms with Gasteiger partial charge in [0, 0.05) is 4.90 Å². The summed E-state index contributed by atoms with van der Waals surface area (Å²) in [6, 6.07) is 17.8. The van der Waals surface area contributed by atoms with E-state index in [1.807, 2.05) is 30.3 Å². The number of thioether (sulfide) groups is 1. The van der Waals surface area contributed by atoms with Crippen molar-refractivity contribution in [2.24, 2.45) is 0 Å². The molecule has 0 radical (unpaired) electrons. The highest BCUT2D eigenvalue weighted by Crippen LogP contribution is 2.34. The number of nitrogens with zero attached hydrogens (tertiary/aromatic N) is 1. The van der Waals surface area contributed by atoms with Crippen LogP contribution in [0, 0.1) is 11.3 Å². The number of hydrogen-bond donors (Lipinski definition) is 1. The molecule has 2 aromatic carbocycles. The number of ether oxygens (including phenoxy) is 1. The summed E-state index contributed by atoms with van der Waals surface area (Å²) in [5.74, 6) is 0.804. The fraction of sp³-hybridized carbons (Fsp3) is 0.133. The van der Waals surface area contributed by atoms with Gasteiger partial charge in [0.25, 0.3) is 0 Å². The summed E-state index contributed by atoms with van der Waals surface area (Å²) in [4.78, 5) is 1.19. The van der Waals surface area contributed by atoms with E-state index >= 15 is 0 Å². The largest absolute Gasteiger partial charge is 0.475 e. The van der Waals surface area contributed by atoms with Crippen molar-refractivity contribution < 1.29 is 4.74 Å². The topological polar surface area (TPSA) is 45.0 Å². The third-order valence-electron chi connectivity index (χ3n) is 2.84. The maximum atomic E-state index is 8.86. The molecule has 19 heavy (non-hydrogen) atoms. The van der Waals surface area contributed by atoms with Gasteiger partial charge in [-0.05, 0) is 30.3 Å². The number of nitriles is 1. The minimum Gasteiger partial charge on any atom is -0.475 e.